The molecule has 1 aromatic heterocycles. The molecule has 0 aliphatic rings. The number of para-hydroxylation sites is 1. The van der Waals surface area contributed by atoms with E-state index in [4.69, 9.17) is 10.5 Å². The number of hydrogen-bond donors (Lipinski definition) is 4. The van der Waals surface area contributed by atoms with Crippen molar-refractivity contribution in [3.05, 3.63) is 66.5 Å². The van der Waals surface area contributed by atoms with Crippen LogP contribution in [0.1, 0.15) is 5.56 Å². The van der Waals surface area contributed by atoms with Crippen molar-refractivity contribution in [2.75, 3.05) is 23.1 Å². The number of aromatic nitrogens is 2. The van der Waals surface area contributed by atoms with Crippen LogP contribution in [0.4, 0.5) is 36.2 Å². The molecule has 0 fully saturated rings. The number of nitrogen functional groups attached to an aromatic ring is 1. The number of alkyl halides is 3. The van der Waals surface area contributed by atoms with E-state index in [-0.39, 0.29) is 29.6 Å². The van der Waals surface area contributed by atoms with Crippen LogP contribution in [0.5, 0.6) is 5.75 Å². The standard InChI is InChI=1S/C19H17F3N6O2/c20-19(21,22)12-5-4-6-13(9-12)26-17-16(23)18(25-11-24-17)28-27-15(29)10-30-14-7-2-1-3-8-14/h1-9,11H,10,23H2,(H,27,29)(H2,24,25,26,28). The van der Waals surface area contributed by atoms with Gasteiger partial charge < -0.3 is 15.8 Å². The number of rotatable bonds is 7. The van der Waals surface area contributed by atoms with Gasteiger partial charge in [0.15, 0.2) is 18.2 Å². The van der Waals surface area contributed by atoms with Crippen LogP contribution in [0, 0.1) is 0 Å². The zero-order chi connectivity index (χ0) is 21.6. The number of nitrogens with zero attached hydrogens (tertiary/aromatic N) is 2. The maximum Gasteiger partial charge on any atom is 0.416 e. The van der Waals surface area contributed by atoms with Gasteiger partial charge >= 0.3 is 6.18 Å². The van der Waals surface area contributed by atoms with Crippen LogP contribution < -0.4 is 26.6 Å². The second-order valence-corrected chi connectivity index (χ2v) is 5.96. The molecule has 0 spiro atoms. The lowest BCUT2D eigenvalue weighted by Crippen LogP contribution is -2.34. The first kappa shape index (κ1) is 20.7. The lowest BCUT2D eigenvalue weighted by Gasteiger charge is -2.14. The number of ether oxygens (including phenoxy) is 1. The van der Waals surface area contributed by atoms with Gasteiger partial charge in [0.05, 0.1) is 5.56 Å². The van der Waals surface area contributed by atoms with Crippen LogP contribution in [-0.4, -0.2) is 22.5 Å². The Morgan fingerprint density at radius 2 is 1.77 bits per heavy atom. The molecule has 0 bridgehead atoms. The molecule has 0 saturated heterocycles. The van der Waals surface area contributed by atoms with E-state index in [2.05, 4.69) is 26.1 Å². The lowest BCUT2D eigenvalue weighted by atomic mass is 10.2. The topological polar surface area (TPSA) is 114 Å². The van der Waals surface area contributed by atoms with Crippen LogP contribution in [0.25, 0.3) is 0 Å². The first-order valence-electron chi connectivity index (χ1n) is 8.60. The molecular formula is C19H17F3N6O2. The molecular weight excluding hydrogens is 401 g/mol. The summed E-state index contributed by atoms with van der Waals surface area (Å²) in [6.07, 6.45) is -3.34. The normalized spacial score (nSPS) is 10.9. The molecule has 30 heavy (non-hydrogen) atoms. The Bertz CT molecular complexity index is 1010. The highest BCUT2D eigenvalue weighted by molar-refractivity contribution is 5.82. The van der Waals surface area contributed by atoms with Crippen molar-refractivity contribution in [3.63, 3.8) is 0 Å². The van der Waals surface area contributed by atoms with Gasteiger partial charge in [0.2, 0.25) is 0 Å². The Kier molecular flexibility index (Phi) is 6.20. The van der Waals surface area contributed by atoms with Gasteiger partial charge in [0, 0.05) is 5.69 Å². The largest absolute Gasteiger partial charge is 0.484 e. The monoisotopic (exact) mass is 418 g/mol. The van der Waals surface area contributed by atoms with Gasteiger partial charge in [-0.1, -0.05) is 24.3 Å². The highest BCUT2D eigenvalue weighted by Gasteiger charge is 2.30. The van der Waals surface area contributed by atoms with Crippen molar-refractivity contribution >= 4 is 28.9 Å². The molecule has 0 atom stereocenters. The first-order chi connectivity index (χ1) is 14.3. The van der Waals surface area contributed by atoms with Crippen LogP contribution in [-0.2, 0) is 11.0 Å². The van der Waals surface area contributed by atoms with Gasteiger partial charge in [-0.15, -0.1) is 0 Å². The molecule has 3 aromatic rings. The summed E-state index contributed by atoms with van der Waals surface area (Å²) in [5, 5.41) is 2.71. The molecule has 0 aliphatic heterocycles. The molecule has 1 amide bonds. The van der Waals surface area contributed by atoms with E-state index in [0.717, 1.165) is 18.5 Å². The summed E-state index contributed by atoms with van der Waals surface area (Å²) in [5.74, 6) is 0.167. The Morgan fingerprint density at radius 1 is 1.03 bits per heavy atom. The molecule has 5 N–H and O–H groups in total. The molecule has 8 nitrogen and oxygen atoms in total. The number of benzene rings is 2. The lowest BCUT2D eigenvalue weighted by molar-refractivity contribution is -0.137. The maximum absolute atomic E-state index is 12.9. The second-order valence-electron chi connectivity index (χ2n) is 5.96. The summed E-state index contributed by atoms with van der Waals surface area (Å²) in [4.78, 5) is 19.7. The van der Waals surface area contributed by atoms with Gasteiger partial charge in [-0.3, -0.25) is 15.6 Å². The van der Waals surface area contributed by atoms with Gasteiger partial charge in [0.25, 0.3) is 5.91 Å². The summed E-state index contributed by atoms with van der Waals surface area (Å²) in [5.41, 5.74) is 10.2. The number of hydrogen-bond acceptors (Lipinski definition) is 7. The number of amides is 1. The number of halogens is 3. The zero-order valence-electron chi connectivity index (χ0n) is 15.4. The highest BCUT2D eigenvalue weighted by Crippen LogP contribution is 2.32. The number of anilines is 4. The van der Waals surface area contributed by atoms with Crippen molar-refractivity contribution in [1.82, 2.24) is 15.4 Å². The number of carbonyl (C=O) groups is 1. The number of carbonyl (C=O) groups excluding carboxylic acids is 1. The van der Waals surface area contributed by atoms with Gasteiger partial charge in [-0.05, 0) is 30.3 Å². The minimum atomic E-state index is -4.48. The molecule has 0 saturated carbocycles. The highest BCUT2D eigenvalue weighted by atomic mass is 19.4. The van der Waals surface area contributed by atoms with Crippen LogP contribution in [0.3, 0.4) is 0 Å². The van der Waals surface area contributed by atoms with Crippen LogP contribution >= 0.6 is 0 Å². The minimum absolute atomic E-state index is 0.000750. The van der Waals surface area contributed by atoms with Crippen LogP contribution in [0.2, 0.25) is 0 Å². The van der Waals surface area contributed by atoms with Crippen LogP contribution in [0.15, 0.2) is 60.9 Å². The van der Waals surface area contributed by atoms with E-state index in [1.807, 2.05) is 6.07 Å². The minimum Gasteiger partial charge on any atom is -0.484 e. The average molecular weight is 418 g/mol. The fourth-order valence-electron chi connectivity index (χ4n) is 2.34. The Labute approximate surface area is 169 Å². The third-order valence-electron chi connectivity index (χ3n) is 3.77. The molecule has 1 heterocycles. The molecule has 0 aliphatic carbocycles. The second kappa shape index (κ2) is 8.99. The van der Waals surface area contributed by atoms with Crippen molar-refractivity contribution in [1.29, 1.82) is 0 Å². The summed E-state index contributed by atoms with van der Waals surface area (Å²) < 4.78 is 43.9. The smallest absolute Gasteiger partial charge is 0.416 e. The average Bonchev–Trinajstić information content (AvgIpc) is 2.73. The number of hydrazine groups is 1. The summed E-state index contributed by atoms with van der Waals surface area (Å²) in [6.45, 7) is -0.253. The molecule has 156 valence electrons. The van der Waals surface area contributed by atoms with E-state index in [1.165, 1.54) is 12.1 Å². The van der Waals surface area contributed by atoms with Gasteiger partial charge in [0.1, 0.15) is 17.8 Å². The quantitative estimate of drug-likeness (QED) is 0.435. The van der Waals surface area contributed by atoms with E-state index < -0.39 is 17.6 Å². The van der Waals surface area contributed by atoms with E-state index in [9.17, 15) is 18.0 Å². The molecule has 11 heteroatoms. The third-order valence-corrected chi connectivity index (χ3v) is 3.77. The van der Waals surface area contributed by atoms with Crippen molar-refractivity contribution in [2.45, 2.75) is 6.18 Å². The number of nitrogens with one attached hydrogen (secondary N) is 3. The van der Waals surface area contributed by atoms with Gasteiger partial charge in [-0.25, -0.2) is 9.97 Å². The summed E-state index contributed by atoms with van der Waals surface area (Å²) in [6, 6.07) is 13.3. The van der Waals surface area contributed by atoms with Crippen molar-refractivity contribution in [2.24, 2.45) is 0 Å². The Hall–Kier alpha value is -4.02. The van der Waals surface area contributed by atoms with Crippen molar-refractivity contribution in [3.8, 4) is 5.75 Å². The summed E-state index contributed by atoms with van der Waals surface area (Å²) >= 11 is 0. The predicted molar refractivity (Wildman–Crippen MR) is 105 cm³/mol. The summed E-state index contributed by atoms with van der Waals surface area (Å²) in [7, 11) is 0. The fourth-order valence-corrected chi connectivity index (χ4v) is 2.34. The van der Waals surface area contributed by atoms with Crippen molar-refractivity contribution < 1.29 is 22.7 Å². The zero-order valence-corrected chi connectivity index (χ0v) is 15.4. The molecule has 0 unspecified atom stereocenters. The van der Waals surface area contributed by atoms with E-state index in [0.29, 0.717) is 5.75 Å². The maximum atomic E-state index is 12.9. The predicted octanol–water partition coefficient (Wildman–Crippen LogP) is 3.34. The first-order valence-corrected chi connectivity index (χ1v) is 8.60. The van der Waals surface area contributed by atoms with E-state index in [1.54, 1.807) is 24.3 Å². The Balaban J connectivity index is 1.61. The Morgan fingerprint density at radius 3 is 2.50 bits per heavy atom. The molecule has 3 rings (SSSR count). The SMILES string of the molecule is Nc1c(NNC(=O)COc2ccccc2)ncnc1Nc1cccc(C(F)(F)F)c1. The number of nitrogens with two attached hydrogens (primary N) is 1. The third kappa shape index (κ3) is 5.50. The van der Waals surface area contributed by atoms with E-state index >= 15 is 0 Å². The van der Waals surface area contributed by atoms with Gasteiger partial charge in [-0.2, -0.15) is 13.2 Å². The fraction of sp³-hybridized carbons (Fsp3) is 0.105. The molecule has 2 aromatic carbocycles. The molecule has 0 radical (unpaired) electrons.